The zero-order valence-electron chi connectivity index (χ0n) is 17.3. The lowest BCUT2D eigenvalue weighted by atomic mass is 10.1. The van der Waals surface area contributed by atoms with Gasteiger partial charge in [0.25, 0.3) is 5.91 Å². The third kappa shape index (κ3) is 4.83. The van der Waals surface area contributed by atoms with Gasteiger partial charge in [0, 0.05) is 12.7 Å². The molecule has 0 unspecified atom stereocenters. The van der Waals surface area contributed by atoms with Crippen molar-refractivity contribution in [3.05, 3.63) is 71.2 Å². The number of amides is 1. The number of ether oxygens (including phenoxy) is 2. The molecule has 1 amide bonds. The fourth-order valence-corrected chi connectivity index (χ4v) is 2.77. The Kier molecular flexibility index (Phi) is 5.86. The van der Waals surface area contributed by atoms with Gasteiger partial charge in [-0.05, 0) is 50.6 Å². The highest BCUT2D eigenvalue weighted by Gasteiger charge is 2.21. The molecule has 0 atom stereocenters. The first-order chi connectivity index (χ1) is 14.2. The molecule has 0 aliphatic heterocycles. The third-order valence-electron chi connectivity index (χ3n) is 4.16. The first kappa shape index (κ1) is 21.0. The number of pyridine rings is 1. The summed E-state index contributed by atoms with van der Waals surface area (Å²) in [4.78, 5) is 40.7. The van der Waals surface area contributed by atoms with Crippen molar-refractivity contribution in [2.45, 2.75) is 32.9 Å². The van der Waals surface area contributed by atoms with Crippen LogP contribution in [0.2, 0.25) is 0 Å². The van der Waals surface area contributed by atoms with E-state index < -0.39 is 17.5 Å². The van der Waals surface area contributed by atoms with E-state index in [-0.39, 0.29) is 18.1 Å². The Labute approximate surface area is 173 Å². The molecule has 156 valence electrons. The number of rotatable bonds is 5. The van der Waals surface area contributed by atoms with Crippen LogP contribution in [0.4, 0.5) is 0 Å². The van der Waals surface area contributed by atoms with Gasteiger partial charge in [0.05, 0.1) is 12.7 Å². The lowest BCUT2D eigenvalue weighted by molar-refractivity contribution is 0.00632. The van der Waals surface area contributed by atoms with E-state index in [1.807, 2.05) is 0 Å². The highest BCUT2D eigenvalue weighted by atomic mass is 16.6. The van der Waals surface area contributed by atoms with Crippen LogP contribution in [-0.2, 0) is 16.0 Å². The average Bonchev–Trinajstić information content (AvgIpc) is 3.15. The minimum Gasteiger partial charge on any atom is -0.465 e. The largest absolute Gasteiger partial charge is 0.465 e. The number of nitrogens with one attached hydrogen (secondary N) is 1. The maximum absolute atomic E-state index is 12.7. The molecule has 8 nitrogen and oxygen atoms in total. The van der Waals surface area contributed by atoms with E-state index >= 15 is 0 Å². The number of hydrogen-bond donors (Lipinski definition) is 1. The number of nitrogens with zero attached hydrogens (tertiary/aromatic N) is 2. The van der Waals surface area contributed by atoms with Crippen molar-refractivity contribution in [3.63, 3.8) is 0 Å². The van der Waals surface area contributed by atoms with Crippen molar-refractivity contribution in [3.8, 4) is 0 Å². The maximum atomic E-state index is 12.7. The molecule has 0 saturated heterocycles. The smallest absolute Gasteiger partial charge is 0.359 e. The fourth-order valence-electron chi connectivity index (χ4n) is 2.77. The number of imidazole rings is 1. The van der Waals surface area contributed by atoms with Crippen LogP contribution >= 0.6 is 0 Å². The minimum absolute atomic E-state index is 0.128. The van der Waals surface area contributed by atoms with Gasteiger partial charge in [0.2, 0.25) is 0 Å². The molecule has 2 aromatic heterocycles. The summed E-state index contributed by atoms with van der Waals surface area (Å²) in [6.07, 6.45) is 1.49. The molecule has 30 heavy (non-hydrogen) atoms. The number of methoxy groups -OCH3 is 1. The Balaban J connectivity index is 1.75. The molecule has 8 heteroatoms. The molecule has 0 spiro atoms. The number of carbonyl (C=O) groups excluding carboxylic acids is 3. The maximum Gasteiger partial charge on any atom is 0.359 e. The van der Waals surface area contributed by atoms with Crippen molar-refractivity contribution in [2.75, 3.05) is 7.11 Å². The quantitative estimate of drug-likeness (QED) is 0.651. The fraction of sp³-hybridized carbons (Fsp3) is 0.273. The van der Waals surface area contributed by atoms with Gasteiger partial charge < -0.3 is 14.8 Å². The molecular formula is C22H23N3O5. The van der Waals surface area contributed by atoms with Crippen molar-refractivity contribution in [2.24, 2.45) is 0 Å². The topological polar surface area (TPSA) is 99.0 Å². The monoisotopic (exact) mass is 409 g/mol. The molecule has 3 rings (SSSR count). The number of esters is 2. The second kappa shape index (κ2) is 8.36. The van der Waals surface area contributed by atoms with Gasteiger partial charge in [0.1, 0.15) is 16.9 Å². The van der Waals surface area contributed by atoms with Crippen LogP contribution in [0.5, 0.6) is 0 Å². The van der Waals surface area contributed by atoms with E-state index in [1.165, 1.54) is 13.3 Å². The van der Waals surface area contributed by atoms with E-state index in [2.05, 4.69) is 15.0 Å². The van der Waals surface area contributed by atoms with Gasteiger partial charge in [-0.1, -0.05) is 18.2 Å². The molecule has 0 radical (unpaired) electrons. The summed E-state index contributed by atoms with van der Waals surface area (Å²) in [6, 6.07) is 11.8. The molecule has 0 aliphatic carbocycles. The van der Waals surface area contributed by atoms with Crippen LogP contribution in [-0.4, -0.2) is 39.9 Å². The second-order valence-corrected chi connectivity index (χ2v) is 7.64. The zero-order chi connectivity index (χ0) is 21.9. The van der Waals surface area contributed by atoms with E-state index in [0.29, 0.717) is 16.9 Å². The molecule has 0 saturated carbocycles. The molecule has 3 aromatic rings. The van der Waals surface area contributed by atoms with Crippen molar-refractivity contribution in [1.82, 2.24) is 14.7 Å². The minimum atomic E-state index is -0.642. The van der Waals surface area contributed by atoms with Crippen molar-refractivity contribution in [1.29, 1.82) is 0 Å². The predicted molar refractivity (Wildman–Crippen MR) is 109 cm³/mol. The van der Waals surface area contributed by atoms with Crippen LogP contribution in [0.3, 0.4) is 0 Å². The molecule has 0 aliphatic rings. The highest BCUT2D eigenvalue weighted by Crippen LogP contribution is 2.15. The molecule has 1 N–H and O–H groups in total. The number of hydrogen-bond acceptors (Lipinski definition) is 6. The Bertz CT molecular complexity index is 1090. The van der Waals surface area contributed by atoms with Gasteiger partial charge in [-0.15, -0.1) is 0 Å². The Morgan fingerprint density at radius 2 is 1.73 bits per heavy atom. The number of carbonyl (C=O) groups is 3. The number of fused-ring (bicyclic) bond motifs is 1. The number of benzene rings is 1. The summed E-state index contributed by atoms with van der Waals surface area (Å²) in [5, 5.41) is 2.83. The Morgan fingerprint density at radius 1 is 1.03 bits per heavy atom. The summed E-state index contributed by atoms with van der Waals surface area (Å²) >= 11 is 0. The molecule has 0 fully saturated rings. The second-order valence-electron chi connectivity index (χ2n) is 7.64. The standard InChI is InChI=1S/C22H23N3O5/c1-22(2,3)30-21(28)16-13-25-17(6-5-7-18(25)24-16)19(26)23-12-14-8-10-15(11-9-14)20(27)29-4/h5-11,13H,12H2,1-4H3,(H,23,26). The Hall–Kier alpha value is -3.68. The molecule has 0 bridgehead atoms. The lowest BCUT2D eigenvalue weighted by Gasteiger charge is -2.18. The van der Waals surface area contributed by atoms with Crippen LogP contribution in [0, 0.1) is 0 Å². The van der Waals surface area contributed by atoms with E-state index in [4.69, 9.17) is 4.74 Å². The van der Waals surface area contributed by atoms with Gasteiger partial charge >= 0.3 is 11.9 Å². The summed E-state index contributed by atoms with van der Waals surface area (Å²) in [5.74, 6) is -1.30. The van der Waals surface area contributed by atoms with Crippen LogP contribution < -0.4 is 5.32 Å². The van der Waals surface area contributed by atoms with E-state index in [1.54, 1.807) is 67.6 Å². The van der Waals surface area contributed by atoms with Crippen molar-refractivity contribution >= 4 is 23.5 Å². The lowest BCUT2D eigenvalue weighted by Crippen LogP contribution is -2.25. The van der Waals surface area contributed by atoms with Crippen LogP contribution in [0.25, 0.3) is 5.65 Å². The molecular weight excluding hydrogens is 386 g/mol. The van der Waals surface area contributed by atoms with Crippen molar-refractivity contribution < 1.29 is 23.9 Å². The van der Waals surface area contributed by atoms with Gasteiger partial charge in [-0.2, -0.15) is 0 Å². The third-order valence-corrected chi connectivity index (χ3v) is 4.16. The zero-order valence-corrected chi connectivity index (χ0v) is 17.3. The summed E-state index contributed by atoms with van der Waals surface area (Å²) in [5.41, 5.74) is 1.54. The number of aromatic nitrogens is 2. The van der Waals surface area contributed by atoms with Gasteiger partial charge in [-0.3, -0.25) is 9.20 Å². The Morgan fingerprint density at radius 3 is 2.37 bits per heavy atom. The predicted octanol–water partition coefficient (Wildman–Crippen LogP) is 3.01. The molecule has 2 heterocycles. The van der Waals surface area contributed by atoms with Crippen LogP contribution in [0.15, 0.2) is 48.7 Å². The van der Waals surface area contributed by atoms with E-state index in [0.717, 1.165) is 5.56 Å². The first-order valence-corrected chi connectivity index (χ1v) is 9.35. The molecule has 1 aromatic carbocycles. The summed E-state index contributed by atoms with van der Waals surface area (Å²) in [7, 11) is 1.32. The first-order valence-electron chi connectivity index (χ1n) is 9.35. The van der Waals surface area contributed by atoms with Crippen LogP contribution in [0.1, 0.15) is 57.7 Å². The van der Waals surface area contributed by atoms with E-state index in [9.17, 15) is 14.4 Å². The summed E-state index contributed by atoms with van der Waals surface area (Å²) < 4.78 is 11.6. The van der Waals surface area contributed by atoms with Gasteiger partial charge in [0.15, 0.2) is 5.69 Å². The highest BCUT2D eigenvalue weighted by molar-refractivity contribution is 5.94. The van der Waals surface area contributed by atoms with Gasteiger partial charge in [-0.25, -0.2) is 14.6 Å². The normalized spacial score (nSPS) is 11.2. The summed E-state index contributed by atoms with van der Waals surface area (Å²) in [6.45, 7) is 5.59. The average molecular weight is 409 g/mol. The SMILES string of the molecule is COC(=O)c1ccc(CNC(=O)c2cccc3nc(C(=O)OC(C)(C)C)cn23)cc1.